The molecule has 0 radical (unpaired) electrons. The SMILES string of the molecule is CN(CC(=O)NC(C)(C)C)C(=O)COC(=O)c1ccccc1N(C)C(=O)c1cccs1. The van der Waals surface area contributed by atoms with Gasteiger partial charge < -0.3 is 19.9 Å². The number of likely N-dealkylation sites (N-methyl/N-ethyl adjacent to an activating group) is 1. The highest BCUT2D eigenvalue weighted by Crippen LogP contribution is 2.23. The number of nitrogens with zero attached hydrogens (tertiary/aromatic N) is 2. The molecule has 31 heavy (non-hydrogen) atoms. The topological polar surface area (TPSA) is 96.0 Å². The zero-order chi connectivity index (χ0) is 23.2. The summed E-state index contributed by atoms with van der Waals surface area (Å²) in [5, 5.41) is 4.56. The number of thiophene rings is 1. The lowest BCUT2D eigenvalue weighted by atomic mass is 10.1. The van der Waals surface area contributed by atoms with Gasteiger partial charge >= 0.3 is 5.97 Å². The van der Waals surface area contributed by atoms with Gasteiger partial charge in [-0.25, -0.2) is 4.79 Å². The number of carbonyl (C=O) groups is 4. The summed E-state index contributed by atoms with van der Waals surface area (Å²) < 4.78 is 5.16. The number of esters is 1. The van der Waals surface area contributed by atoms with Crippen LogP contribution in [0.2, 0.25) is 0 Å². The van der Waals surface area contributed by atoms with E-state index < -0.39 is 24.0 Å². The van der Waals surface area contributed by atoms with Crippen LogP contribution in [0, 0.1) is 0 Å². The van der Waals surface area contributed by atoms with Crippen LogP contribution in [-0.2, 0) is 14.3 Å². The first kappa shape index (κ1) is 24.1. The van der Waals surface area contributed by atoms with E-state index in [0.29, 0.717) is 10.6 Å². The lowest BCUT2D eigenvalue weighted by Crippen LogP contribution is -2.46. The van der Waals surface area contributed by atoms with Crippen molar-refractivity contribution >= 4 is 40.7 Å². The minimum Gasteiger partial charge on any atom is -0.452 e. The third kappa shape index (κ3) is 6.92. The molecule has 0 spiro atoms. The molecule has 0 unspecified atom stereocenters. The van der Waals surface area contributed by atoms with Gasteiger partial charge in [0.15, 0.2) is 6.61 Å². The lowest BCUT2D eigenvalue weighted by molar-refractivity contribution is -0.137. The molecule has 2 rings (SSSR count). The van der Waals surface area contributed by atoms with Crippen molar-refractivity contribution in [2.45, 2.75) is 26.3 Å². The fourth-order valence-corrected chi connectivity index (χ4v) is 3.39. The summed E-state index contributed by atoms with van der Waals surface area (Å²) in [6.07, 6.45) is 0. The highest BCUT2D eigenvalue weighted by molar-refractivity contribution is 7.12. The predicted octanol–water partition coefficient (Wildman–Crippen LogP) is 2.55. The van der Waals surface area contributed by atoms with Gasteiger partial charge in [0.2, 0.25) is 5.91 Å². The van der Waals surface area contributed by atoms with Crippen LogP contribution in [0.15, 0.2) is 41.8 Å². The van der Waals surface area contributed by atoms with Crippen molar-refractivity contribution < 1.29 is 23.9 Å². The van der Waals surface area contributed by atoms with Crippen LogP contribution in [-0.4, -0.2) is 61.4 Å². The van der Waals surface area contributed by atoms with Crippen LogP contribution in [0.1, 0.15) is 40.8 Å². The van der Waals surface area contributed by atoms with Crippen molar-refractivity contribution in [2.24, 2.45) is 0 Å². The predicted molar refractivity (Wildman–Crippen MR) is 119 cm³/mol. The van der Waals surface area contributed by atoms with Crippen molar-refractivity contribution in [3.8, 4) is 0 Å². The first-order chi connectivity index (χ1) is 14.5. The molecule has 0 aliphatic rings. The van der Waals surface area contributed by atoms with Crippen molar-refractivity contribution in [1.29, 1.82) is 0 Å². The number of ether oxygens (including phenoxy) is 1. The normalized spacial score (nSPS) is 10.9. The van der Waals surface area contributed by atoms with Crippen LogP contribution in [0.25, 0.3) is 0 Å². The fraction of sp³-hybridized carbons (Fsp3) is 0.364. The van der Waals surface area contributed by atoms with E-state index in [2.05, 4.69) is 5.32 Å². The van der Waals surface area contributed by atoms with E-state index in [9.17, 15) is 19.2 Å². The highest BCUT2D eigenvalue weighted by atomic mass is 32.1. The third-order valence-electron chi connectivity index (χ3n) is 4.17. The van der Waals surface area contributed by atoms with Gasteiger partial charge in [0, 0.05) is 19.6 Å². The smallest absolute Gasteiger partial charge is 0.340 e. The van der Waals surface area contributed by atoms with Gasteiger partial charge in [-0.2, -0.15) is 0 Å². The maximum absolute atomic E-state index is 12.6. The first-order valence-electron chi connectivity index (χ1n) is 9.62. The van der Waals surface area contributed by atoms with Crippen LogP contribution in [0.5, 0.6) is 0 Å². The van der Waals surface area contributed by atoms with Crippen molar-refractivity contribution in [3.05, 3.63) is 52.2 Å². The summed E-state index contributed by atoms with van der Waals surface area (Å²) in [5.74, 6) is -1.81. The quantitative estimate of drug-likeness (QED) is 0.661. The maximum Gasteiger partial charge on any atom is 0.340 e. The van der Waals surface area contributed by atoms with Crippen LogP contribution >= 0.6 is 11.3 Å². The average Bonchev–Trinajstić information content (AvgIpc) is 3.23. The Bertz CT molecular complexity index is 950. The van der Waals surface area contributed by atoms with Gasteiger partial charge in [-0.3, -0.25) is 14.4 Å². The Kier molecular flexibility index (Phi) is 7.93. The summed E-state index contributed by atoms with van der Waals surface area (Å²) in [7, 11) is 3.03. The number of hydrogen-bond acceptors (Lipinski definition) is 6. The van der Waals surface area contributed by atoms with Crippen molar-refractivity contribution in [3.63, 3.8) is 0 Å². The molecule has 9 heteroatoms. The number of hydrogen-bond donors (Lipinski definition) is 1. The Morgan fingerprint density at radius 1 is 1.03 bits per heavy atom. The molecule has 3 amide bonds. The summed E-state index contributed by atoms with van der Waals surface area (Å²) in [6, 6.07) is 9.99. The largest absolute Gasteiger partial charge is 0.452 e. The van der Waals surface area contributed by atoms with E-state index in [1.165, 1.54) is 34.3 Å². The van der Waals surface area contributed by atoms with Gasteiger partial charge in [0.05, 0.1) is 22.7 Å². The van der Waals surface area contributed by atoms with Crippen LogP contribution in [0.4, 0.5) is 5.69 Å². The summed E-state index contributed by atoms with van der Waals surface area (Å²) in [5.41, 5.74) is 0.121. The molecular weight excluding hydrogens is 418 g/mol. The van der Waals surface area contributed by atoms with Gasteiger partial charge in [0.25, 0.3) is 11.8 Å². The van der Waals surface area contributed by atoms with Crippen molar-refractivity contribution in [1.82, 2.24) is 10.2 Å². The number of carbonyl (C=O) groups excluding carboxylic acids is 4. The molecule has 1 heterocycles. The standard InChI is InChI=1S/C22H27N3O5S/c1-22(2,3)23-18(26)13-24(4)19(27)14-30-21(29)15-9-6-7-10-16(15)25(5)20(28)17-11-8-12-31-17/h6-12H,13-14H2,1-5H3,(H,23,26). The van der Waals surface area contributed by atoms with Gasteiger partial charge in [-0.15, -0.1) is 11.3 Å². The molecule has 0 fully saturated rings. The fourth-order valence-electron chi connectivity index (χ4n) is 2.69. The van der Waals surface area contributed by atoms with E-state index in [1.807, 2.05) is 20.8 Å². The van der Waals surface area contributed by atoms with Crippen molar-refractivity contribution in [2.75, 3.05) is 32.1 Å². The zero-order valence-electron chi connectivity index (χ0n) is 18.3. The molecule has 0 bridgehead atoms. The third-order valence-corrected chi connectivity index (χ3v) is 5.03. The van der Waals surface area contributed by atoms with E-state index in [0.717, 1.165) is 0 Å². The van der Waals surface area contributed by atoms with E-state index >= 15 is 0 Å². The average molecular weight is 446 g/mol. The summed E-state index contributed by atoms with van der Waals surface area (Å²) in [4.78, 5) is 52.6. The molecule has 0 saturated carbocycles. The monoisotopic (exact) mass is 445 g/mol. The second kappa shape index (κ2) is 10.2. The van der Waals surface area contributed by atoms with E-state index in [-0.39, 0.29) is 23.9 Å². The second-order valence-electron chi connectivity index (χ2n) is 7.98. The molecule has 0 aliphatic heterocycles. The zero-order valence-corrected chi connectivity index (χ0v) is 19.1. The molecule has 166 valence electrons. The minimum atomic E-state index is -0.734. The molecular formula is C22H27N3O5S. The molecule has 8 nitrogen and oxygen atoms in total. The number of para-hydroxylation sites is 1. The second-order valence-corrected chi connectivity index (χ2v) is 8.93. The number of rotatable bonds is 7. The molecule has 0 atom stereocenters. The molecule has 1 aromatic heterocycles. The van der Waals surface area contributed by atoms with Gasteiger partial charge in [-0.1, -0.05) is 18.2 Å². The van der Waals surface area contributed by atoms with Crippen LogP contribution < -0.4 is 10.2 Å². The minimum absolute atomic E-state index is 0.151. The Labute approximate surface area is 185 Å². The highest BCUT2D eigenvalue weighted by Gasteiger charge is 2.23. The van der Waals surface area contributed by atoms with E-state index in [1.54, 1.807) is 42.8 Å². The van der Waals surface area contributed by atoms with Crippen LogP contribution in [0.3, 0.4) is 0 Å². The molecule has 0 saturated heterocycles. The molecule has 1 aromatic carbocycles. The first-order valence-corrected chi connectivity index (χ1v) is 10.5. The Morgan fingerprint density at radius 3 is 2.32 bits per heavy atom. The van der Waals surface area contributed by atoms with Gasteiger partial charge in [-0.05, 0) is 44.4 Å². The molecule has 0 aliphatic carbocycles. The lowest BCUT2D eigenvalue weighted by Gasteiger charge is -2.23. The molecule has 2 aromatic rings. The maximum atomic E-state index is 12.6. The number of anilines is 1. The number of nitrogens with one attached hydrogen (secondary N) is 1. The summed E-state index contributed by atoms with van der Waals surface area (Å²) >= 11 is 1.30. The summed E-state index contributed by atoms with van der Waals surface area (Å²) in [6.45, 7) is 4.85. The molecule has 1 N–H and O–H groups in total. The Hall–Kier alpha value is -3.20. The Morgan fingerprint density at radius 2 is 1.71 bits per heavy atom. The van der Waals surface area contributed by atoms with E-state index in [4.69, 9.17) is 4.74 Å². The number of benzene rings is 1. The Balaban J connectivity index is 2.00. The van der Waals surface area contributed by atoms with Gasteiger partial charge in [0.1, 0.15) is 0 Å². The number of amides is 3.